The third-order valence-electron chi connectivity index (χ3n) is 3.75. The lowest BCUT2D eigenvalue weighted by molar-refractivity contribution is -0.142. The van der Waals surface area contributed by atoms with E-state index in [1.165, 1.54) is 6.42 Å². The third kappa shape index (κ3) is 2.36. The van der Waals surface area contributed by atoms with Crippen molar-refractivity contribution in [1.82, 2.24) is 4.90 Å². The molecular weight excluding hydrogens is 206 g/mol. The molecule has 0 aromatic carbocycles. The maximum atomic E-state index is 12.0. The summed E-state index contributed by atoms with van der Waals surface area (Å²) in [5.74, 6) is -0.700. The van der Waals surface area contributed by atoms with Crippen LogP contribution < -0.4 is 0 Å². The fourth-order valence-electron chi connectivity index (χ4n) is 2.46. The van der Waals surface area contributed by atoms with Gasteiger partial charge in [0, 0.05) is 13.1 Å². The lowest BCUT2D eigenvalue weighted by Gasteiger charge is -2.20. The van der Waals surface area contributed by atoms with Gasteiger partial charge in [0.25, 0.3) is 0 Å². The summed E-state index contributed by atoms with van der Waals surface area (Å²) >= 11 is 0. The van der Waals surface area contributed by atoms with E-state index < -0.39 is 11.9 Å². The molecule has 0 radical (unpaired) electrons. The van der Waals surface area contributed by atoms with Crippen LogP contribution in [0.1, 0.15) is 32.6 Å². The minimum Gasteiger partial charge on any atom is -0.481 e. The second-order valence-corrected chi connectivity index (χ2v) is 5.15. The van der Waals surface area contributed by atoms with Crippen molar-refractivity contribution in [2.24, 2.45) is 17.8 Å². The predicted molar refractivity (Wildman–Crippen MR) is 58.8 cm³/mol. The minimum absolute atomic E-state index is 0.0708. The van der Waals surface area contributed by atoms with Gasteiger partial charge < -0.3 is 10.0 Å². The summed E-state index contributed by atoms with van der Waals surface area (Å²) in [6.45, 7) is 3.83. The Labute approximate surface area is 95.6 Å². The molecule has 1 saturated carbocycles. The molecule has 3 atom stereocenters. The molecular formula is C12H19NO3. The van der Waals surface area contributed by atoms with Crippen molar-refractivity contribution in [3.05, 3.63) is 0 Å². The number of likely N-dealkylation sites (tertiary alicyclic amines) is 1. The Hall–Kier alpha value is -1.06. The monoisotopic (exact) mass is 225 g/mol. The van der Waals surface area contributed by atoms with Crippen LogP contribution in [0.2, 0.25) is 0 Å². The lowest BCUT2D eigenvalue weighted by Crippen LogP contribution is -2.34. The first-order valence-corrected chi connectivity index (χ1v) is 6.11. The topological polar surface area (TPSA) is 57.6 Å². The largest absolute Gasteiger partial charge is 0.481 e. The molecule has 1 amide bonds. The molecule has 1 heterocycles. The summed E-state index contributed by atoms with van der Waals surface area (Å²) in [5.41, 5.74) is 0. The Morgan fingerprint density at radius 3 is 2.56 bits per heavy atom. The van der Waals surface area contributed by atoms with E-state index in [4.69, 9.17) is 5.11 Å². The molecule has 0 aromatic rings. The van der Waals surface area contributed by atoms with Crippen molar-refractivity contribution in [1.29, 1.82) is 0 Å². The van der Waals surface area contributed by atoms with Gasteiger partial charge in [0.05, 0.1) is 11.8 Å². The van der Waals surface area contributed by atoms with Gasteiger partial charge in [-0.2, -0.15) is 0 Å². The number of hydrogen-bond donors (Lipinski definition) is 1. The Morgan fingerprint density at radius 1 is 1.19 bits per heavy atom. The SMILES string of the molecule is CC1CCCN(C(=O)[C@@H]2C[C@@H]2C(=O)O)CC1. The van der Waals surface area contributed by atoms with Gasteiger partial charge in [-0.1, -0.05) is 6.92 Å². The molecule has 1 N–H and O–H groups in total. The molecule has 0 bridgehead atoms. The Kier molecular flexibility index (Phi) is 3.17. The van der Waals surface area contributed by atoms with Gasteiger partial charge in [-0.05, 0) is 31.6 Å². The van der Waals surface area contributed by atoms with Gasteiger partial charge in [-0.25, -0.2) is 0 Å². The van der Waals surface area contributed by atoms with Crippen LogP contribution in [-0.4, -0.2) is 35.0 Å². The lowest BCUT2D eigenvalue weighted by atomic mass is 10.0. The molecule has 4 nitrogen and oxygen atoms in total. The fourth-order valence-corrected chi connectivity index (χ4v) is 2.46. The Balaban J connectivity index is 1.88. The Bertz CT molecular complexity index is 303. The number of hydrogen-bond acceptors (Lipinski definition) is 2. The summed E-state index contributed by atoms with van der Waals surface area (Å²) in [5, 5.41) is 8.80. The van der Waals surface area contributed by atoms with Gasteiger partial charge in [0.15, 0.2) is 0 Å². The number of carboxylic acid groups (broad SMARTS) is 1. The van der Waals surface area contributed by atoms with Crippen LogP contribution in [0.15, 0.2) is 0 Å². The first kappa shape index (κ1) is 11.4. The van der Waals surface area contributed by atoms with Gasteiger partial charge in [-0.3, -0.25) is 9.59 Å². The molecule has 1 aliphatic heterocycles. The zero-order valence-electron chi connectivity index (χ0n) is 9.69. The molecule has 16 heavy (non-hydrogen) atoms. The molecule has 2 fully saturated rings. The molecule has 4 heteroatoms. The number of nitrogens with zero attached hydrogens (tertiary/aromatic N) is 1. The molecule has 2 rings (SSSR count). The van der Waals surface area contributed by atoms with E-state index in [2.05, 4.69) is 6.92 Å². The van der Waals surface area contributed by atoms with Crippen molar-refractivity contribution >= 4 is 11.9 Å². The van der Waals surface area contributed by atoms with Gasteiger partial charge >= 0.3 is 5.97 Å². The molecule has 1 unspecified atom stereocenters. The van der Waals surface area contributed by atoms with Crippen molar-refractivity contribution in [3.63, 3.8) is 0 Å². The number of carboxylic acids is 1. The number of aliphatic carboxylic acids is 1. The number of rotatable bonds is 2. The molecule has 0 aromatic heterocycles. The van der Waals surface area contributed by atoms with E-state index in [1.54, 1.807) is 0 Å². The van der Waals surface area contributed by atoms with Gasteiger partial charge in [-0.15, -0.1) is 0 Å². The van der Waals surface area contributed by atoms with E-state index in [1.807, 2.05) is 4.90 Å². The Morgan fingerprint density at radius 2 is 1.94 bits per heavy atom. The molecule has 90 valence electrons. The van der Waals surface area contributed by atoms with E-state index in [0.29, 0.717) is 12.3 Å². The number of carbonyl (C=O) groups is 2. The average molecular weight is 225 g/mol. The quantitative estimate of drug-likeness (QED) is 0.772. The first-order chi connectivity index (χ1) is 7.59. The highest BCUT2D eigenvalue weighted by Crippen LogP contribution is 2.40. The van der Waals surface area contributed by atoms with Crippen molar-refractivity contribution in [2.45, 2.75) is 32.6 Å². The minimum atomic E-state index is -0.818. The van der Waals surface area contributed by atoms with Crippen LogP contribution in [0.3, 0.4) is 0 Å². The smallest absolute Gasteiger partial charge is 0.307 e. The van der Waals surface area contributed by atoms with Crippen LogP contribution in [-0.2, 0) is 9.59 Å². The van der Waals surface area contributed by atoms with Gasteiger partial charge in [0.2, 0.25) is 5.91 Å². The van der Waals surface area contributed by atoms with Crippen LogP contribution in [0, 0.1) is 17.8 Å². The van der Waals surface area contributed by atoms with Crippen LogP contribution in [0.5, 0.6) is 0 Å². The second kappa shape index (κ2) is 4.44. The van der Waals surface area contributed by atoms with Crippen LogP contribution in [0.25, 0.3) is 0 Å². The maximum Gasteiger partial charge on any atom is 0.307 e. The summed E-state index contributed by atoms with van der Waals surface area (Å²) in [6.07, 6.45) is 3.82. The zero-order chi connectivity index (χ0) is 11.7. The van der Waals surface area contributed by atoms with Crippen molar-refractivity contribution in [2.75, 3.05) is 13.1 Å². The van der Waals surface area contributed by atoms with E-state index in [-0.39, 0.29) is 11.8 Å². The molecule has 1 aliphatic carbocycles. The normalized spacial score (nSPS) is 34.3. The highest BCUT2D eigenvalue weighted by atomic mass is 16.4. The zero-order valence-corrected chi connectivity index (χ0v) is 9.69. The highest BCUT2D eigenvalue weighted by Gasteiger charge is 2.49. The maximum absolute atomic E-state index is 12.0. The first-order valence-electron chi connectivity index (χ1n) is 6.11. The van der Waals surface area contributed by atoms with Crippen LogP contribution in [0.4, 0.5) is 0 Å². The van der Waals surface area contributed by atoms with Crippen molar-refractivity contribution < 1.29 is 14.7 Å². The van der Waals surface area contributed by atoms with Crippen molar-refractivity contribution in [3.8, 4) is 0 Å². The van der Waals surface area contributed by atoms with E-state index in [9.17, 15) is 9.59 Å². The predicted octanol–water partition coefficient (Wildman–Crippen LogP) is 1.36. The molecule has 1 saturated heterocycles. The summed E-state index contributed by atoms with van der Waals surface area (Å²) in [7, 11) is 0. The van der Waals surface area contributed by atoms with Gasteiger partial charge in [0.1, 0.15) is 0 Å². The number of amides is 1. The van der Waals surface area contributed by atoms with E-state index in [0.717, 1.165) is 25.9 Å². The van der Waals surface area contributed by atoms with E-state index >= 15 is 0 Å². The second-order valence-electron chi connectivity index (χ2n) is 5.15. The number of carbonyl (C=O) groups excluding carboxylic acids is 1. The summed E-state index contributed by atoms with van der Waals surface area (Å²) in [6, 6.07) is 0. The standard InChI is InChI=1S/C12H19NO3/c1-8-3-2-5-13(6-4-8)11(14)9-7-10(9)12(15)16/h8-10H,2-7H2,1H3,(H,15,16)/t8?,9-,10+/m1/s1. The van der Waals surface area contributed by atoms with Crippen LogP contribution >= 0.6 is 0 Å². The summed E-state index contributed by atoms with van der Waals surface area (Å²) < 4.78 is 0. The third-order valence-corrected chi connectivity index (χ3v) is 3.75. The average Bonchev–Trinajstić information content (AvgIpc) is 3.00. The fraction of sp³-hybridized carbons (Fsp3) is 0.833. The molecule has 2 aliphatic rings. The molecule has 0 spiro atoms. The summed E-state index contributed by atoms with van der Waals surface area (Å²) in [4.78, 5) is 24.6. The highest BCUT2D eigenvalue weighted by molar-refractivity contribution is 5.89.